The quantitative estimate of drug-likeness (QED) is 0.752. The van der Waals surface area contributed by atoms with Crippen LogP contribution in [0.1, 0.15) is 31.0 Å². The zero-order chi connectivity index (χ0) is 10.0. The monoisotopic (exact) mass is 185 g/mol. The van der Waals surface area contributed by atoms with Crippen LogP contribution >= 0.6 is 0 Å². The molecule has 0 amide bonds. The van der Waals surface area contributed by atoms with Crippen LogP contribution in [0.15, 0.2) is 12.1 Å². The van der Waals surface area contributed by atoms with Crippen molar-refractivity contribution >= 4 is 0 Å². The molecule has 1 rings (SSSR count). The van der Waals surface area contributed by atoms with E-state index in [1.54, 1.807) is 6.92 Å². The van der Waals surface area contributed by atoms with Crippen LogP contribution in [-0.2, 0) is 6.42 Å². The first-order valence-electron chi connectivity index (χ1n) is 4.29. The lowest BCUT2D eigenvalue weighted by atomic mass is 10.00. The lowest BCUT2D eigenvalue weighted by Crippen LogP contribution is -2.09. The third-order valence-electron chi connectivity index (χ3n) is 2.05. The smallest absolute Gasteiger partial charge is 0.159 e. The predicted molar refractivity (Wildman–Crippen MR) is 48.3 cm³/mol. The molecule has 0 heterocycles. The molecule has 1 unspecified atom stereocenters. The van der Waals surface area contributed by atoms with Crippen molar-refractivity contribution < 1.29 is 8.78 Å². The first kappa shape index (κ1) is 10.1. The van der Waals surface area contributed by atoms with E-state index in [0.717, 1.165) is 5.56 Å². The molecule has 0 bridgehead atoms. The van der Waals surface area contributed by atoms with Gasteiger partial charge in [0, 0.05) is 6.04 Å². The molecule has 0 aliphatic carbocycles. The summed E-state index contributed by atoms with van der Waals surface area (Å²) in [5.74, 6) is -1.63. The molecule has 13 heavy (non-hydrogen) atoms. The van der Waals surface area contributed by atoms with Crippen LogP contribution in [0.25, 0.3) is 0 Å². The lowest BCUT2D eigenvalue weighted by Gasteiger charge is -2.11. The van der Waals surface area contributed by atoms with Gasteiger partial charge in [-0.1, -0.05) is 6.92 Å². The molecule has 0 aliphatic rings. The van der Waals surface area contributed by atoms with Gasteiger partial charge in [-0.2, -0.15) is 0 Å². The standard InChI is InChI=1S/C10H13F2N/c1-3-7-4-9(11)10(12)5-8(7)6(2)13/h4-6H,3,13H2,1-2H3. The minimum Gasteiger partial charge on any atom is -0.324 e. The molecule has 0 saturated heterocycles. The molecule has 0 fully saturated rings. The number of benzene rings is 1. The summed E-state index contributed by atoms with van der Waals surface area (Å²) in [5, 5.41) is 0. The summed E-state index contributed by atoms with van der Waals surface area (Å²) in [7, 11) is 0. The van der Waals surface area contributed by atoms with Gasteiger partial charge >= 0.3 is 0 Å². The van der Waals surface area contributed by atoms with Crippen molar-refractivity contribution in [3.63, 3.8) is 0 Å². The number of hydrogen-bond acceptors (Lipinski definition) is 1. The summed E-state index contributed by atoms with van der Waals surface area (Å²) < 4.78 is 25.6. The van der Waals surface area contributed by atoms with E-state index in [-0.39, 0.29) is 6.04 Å². The van der Waals surface area contributed by atoms with Gasteiger partial charge in [0.2, 0.25) is 0 Å². The lowest BCUT2D eigenvalue weighted by molar-refractivity contribution is 0.504. The van der Waals surface area contributed by atoms with E-state index < -0.39 is 11.6 Å². The Balaban J connectivity index is 3.25. The van der Waals surface area contributed by atoms with Crippen molar-refractivity contribution in [1.29, 1.82) is 0 Å². The highest BCUT2D eigenvalue weighted by Gasteiger charge is 2.10. The van der Waals surface area contributed by atoms with Crippen molar-refractivity contribution in [3.8, 4) is 0 Å². The van der Waals surface area contributed by atoms with Crippen LogP contribution in [0, 0.1) is 11.6 Å². The maximum Gasteiger partial charge on any atom is 0.159 e. The molecule has 3 heteroatoms. The molecule has 1 aromatic rings. The zero-order valence-corrected chi connectivity index (χ0v) is 7.77. The SMILES string of the molecule is CCc1cc(F)c(F)cc1C(C)N. The van der Waals surface area contributed by atoms with Crippen LogP contribution in [0.4, 0.5) is 8.78 Å². The van der Waals surface area contributed by atoms with Gasteiger partial charge in [0.25, 0.3) is 0 Å². The maximum absolute atomic E-state index is 12.8. The van der Waals surface area contributed by atoms with Crippen molar-refractivity contribution in [2.24, 2.45) is 5.73 Å². The van der Waals surface area contributed by atoms with Crippen molar-refractivity contribution in [1.82, 2.24) is 0 Å². The summed E-state index contributed by atoms with van der Waals surface area (Å²) in [6.45, 7) is 3.64. The van der Waals surface area contributed by atoms with E-state index in [4.69, 9.17) is 5.73 Å². The fourth-order valence-electron chi connectivity index (χ4n) is 1.33. The molecular weight excluding hydrogens is 172 g/mol. The summed E-state index contributed by atoms with van der Waals surface area (Å²) in [5.41, 5.74) is 7.07. The van der Waals surface area contributed by atoms with Gasteiger partial charge in [-0.3, -0.25) is 0 Å². The van der Waals surface area contributed by atoms with E-state index in [1.165, 1.54) is 12.1 Å². The summed E-state index contributed by atoms with van der Waals surface area (Å²) in [6.07, 6.45) is 0.661. The Kier molecular flexibility index (Phi) is 2.98. The average molecular weight is 185 g/mol. The van der Waals surface area contributed by atoms with Gasteiger partial charge in [-0.05, 0) is 36.6 Å². The largest absolute Gasteiger partial charge is 0.324 e. The Bertz CT molecular complexity index is 308. The molecule has 0 aromatic heterocycles. The number of nitrogens with two attached hydrogens (primary N) is 1. The van der Waals surface area contributed by atoms with E-state index in [2.05, 4.69) is 0 Å². The van der Waals surface area contributed by atoms with Crippen LogP contribution in [-0.4, -0.2) is 0 Å². The average Bonchev–Trinajstić information content (AvgIpc) is 2.08. The number of halogens is 2. The Morgan fingerprint density at radius 3 is 2.31 bits per heavy atom. The van der Waals surface area contributed by atoms with Gasteiger partial charge in [0.15, 0.2) is 11.6 Å². The van der Waals surface area contributed by atoms with Gasteiger partial charge < -0.3 is 5.73 Å². The summed E-state index contributed by atoms with van der Waals surface area (Å²) in [4.78, 5) is 0. The fourth-order valence-corrected chi connectivity index (χ4v) is 1.33. The molecule has 0 radical (unpaired) electrons. The number of hydrogen-bond donors (Lipinski definition) is 1. The molecular formula is C10H13F2N. The third kappa shape index (κ3) is 2.04. The van der Waals surface area contributed by atoms with E-state index in [9.17, 15) is 8.78 Å². The molecule has 1 nitrogen and oxygen atoms in total. The second-order valence-corrected chi connectivity index (χ2v) is 3.11. The van der Waals surface area contributed by atoms with Crippen molar-refractivity contribution in [2.45, 2.75) is 26.3 Å². The molecule has 1 aromatic carbocycles. The zero-order valence-electron chi connectivity index (χ0n) is 7.77. The predicted octanol–water partition coefficient (Wildman–Crippen LogP) is 2.55. The molecule has 0 spiro atoms. The molecule has 0 aliphatic heterocycles. The number of rotatable bonds is 2. The Hall–Kier alpha value is -0.960. The summed E-state index contributed by atoms with van der Waals surface area (Å²) >= 11 is 0. The van der Waals surface area contributed by atoms with Crippen molar-refractivity contribution in [2.75, 3.05) is 0 Å². The Labute approximate surface area is 76.6 Å². The highest BCUT2D eigenvalue weighted by atomic mass is 19.2. The summed E-state index contributed by atoms with van der Waals surface area (Å²) in [6, 6.07) is 2.14. The van der Waals surface area contributed by atoms with Gasteiger partial charge in [-0.15, -0.1) is 0 Å². The third-order valence-corrected chi connectivity index (χ3v) is 2.05. The van der Waals surface area contributed by atoms with Crippen LogP contribution in [0.5, 0.6) is 0 Å². The number of aryl methyl sites for hydroxylation is 1. The van der Waals surface area contributed by atoms with Gasteiger partial charge in [-0.25, -0.2) is 8.78 Å². The van der Waals surface area contributed by atoms with Crippen LogP contribution in [0.3, 0.4) is 0 Å². The minimum atomic E-state index is -0.829. The highest BCUT2D eigenvalue weighted by molar-refractivity contribution is 5.31. The second-order valence-electron chi connectivity index (χ2n) is 3.11. The van der Waals surface area contributed by atoms with E-state index >= 15 is 0 Å². The van der Waals surface area contributed by atoms with Gasteiger partial charge in [0.1, 0.15) is 0 Å². The van der Waals surface area contributed by atoms with E-state index in [1.807, 2.05) is 6.92 Å². The van der Waals surface area contributed by atoms with Crippen LogP contribution < -0.4 is 5.73 Å². The normalized spacial score (nSPS) is 13.0. The maximum atomic E-state index is 12.8. The Morgan fingerprint density at radius 1 is 1.31 bits per heavy atom. The van der Waals surface area contributed by atoms with E-state index in [0.29, 0.717) is 12.0 Å². The first-order valence-corrected chi connectivity index (χ1v) is 4.29. The molecule has 2 N–H and O–H groups in total. The van der Waals surface area contributed by atoms with Crippen LogP contribution in [0.2, 0.25) is 0 Å². The molecule has 0 saturated carbocycles. The highest BCUT2D eigenvalue weighted by Crippen LogP contribution is 2.20. The second kappa shape index (κ2) is 3.83. The fraction of sp³-hybridized carbons (Fsp3) is 0.400. The first-order chi connectivity index (χ1) is 6.06. The molecule has 1 atom stereocenters. The van der Waals surface area contributed by atoms with Crippen molar-refractivity contribution in [3.05, 3.63) is 34.9 Å². The minimum absolute atomic E-state index is 0.259. The Morgan fingerprint density at radius 2 is 1.85 bits per heavy atom. The topological polar surface area (TPSA) is 26.0 Å². The van der Waals surface area contributed by atoms with Gasteiger partial charge in [0.05, 0.1) is 0 Å². The molecule has 72 valence electrons.